The lowest BCUT2D eigenvalue weighted by Crippen LogP contribution is -2.49. The van der Waals surface area contributed by atoms with Crippen LogP contribution in [0.5, 0.6) is 0 Å². The maximum atomic E-state index is 5.97. The van der Waals surface area contributed by atoms with E-state index in [1.54, 1.807) is 6.20 Å². The minimum Gasteiger partial charge on any atom is -0.403 e. The first-order chi connectivity index (χ1) is 6.33. The summed E-state index contributed by atoms with van der Waals surface area (Å²) >= 11 is 0. The van der Waals surface area contributed by atoms with Gasteiger partial charge in [-0.1, -0.05) is 0 Å². The number of hydrogen-bond acceptors (Lipinski definition) is 4. The van der Waals surface area contributed by atoms with Crippen molar-refractivity contribution in [2.75, 3.05) is 13.2 Å². The third-order valence-corrected chi connectivity index (χ3v) is 2.99. The van der Waals surface area contributed by atoms with Gasteiger partial charge >= 0.3 is 0 Å². The lowest BCUT2D eigenvalue weighted by Gasteiger charge is -2.41. The standard InChI is InChI=1S/C9H17N3O/c10-4-9(7-5-13-6-7)12(11)8-2-1-3-8/h4,7-8H,1-3,5-6,10-11H2/b9-4-. The molecule has 13 heavy (non-hydrogen) atoms. The highest BCUT2D eigenvalue weighted by atomic mass is 16.5. The van der Waals surface area contributed by atoms with Gasteiger partial charge in [-0.2, -0.15) is 0 Å². The normalized spacial score (nSPS) is 25.2. The SMILES string of the molecule is N/C=C(/C1COC1)N(N)C1CCC1. The molecule has 1 heterocycles. The number of hydrazine groups is 1. The maximum Gasteiger partial charge on any atom is 0.0572 e. The molecule has 1 saturated heterocycles. The summed E-state index contributed by atoms with van der Waals surface area (Å²) in [6.07, 6.45) is 5.31. The van der Waals surface area contributed by atoms with Gasteiger partial charge in [0.05, 0.1) is 18.9 Å². The summed E-state index contributed by atoms with van der Waals surface area (Å²) in [6.45, 7) is 1.53. The molecule has 0 amide bonds. The molecule has 0 bridgehead atoms. The van der Waals surface area contributed by atoms with Crippen LogP contribution < -0.4 is 11.6 Å². The van der Waals surface area contributed by atoms with Crippen molar-refractivity contribution in [2.45, 2.75) is 25.3 Å². The number of hydrogen-bond donors (Lipinski definition) is 2. The van der Waals surface area contributed by atoms with Gasteiger partial charge in [-0.3, -0.25) is 0 Å². The lowest BCUT2D eigenvalue weighted by molar-refractivity contribution is -0.0323. The molecular weight excluding hydrogens is 166 g/mol. The number of nitrogens with two attached hydrogens (primary N) is 2. The van der Waals surface area contributed by atoms with Crippen LogP contribution in [0.1, 0.15) is 19.3 Å². The highest BCUT2D eigenvalue weighted by Crippen LogP contribution is 2.29. The van der Waals surface area contributed by atoms with Gasteiger partial charge in [0.25, 0.3) is 0 Å². The van der Waals surface area contributed by atoms with Gasteiger partial charge < -0.3 is 15.5 Å². The molecule has 0 aromatic rings. The Labute approximate surface area is 78.5 Å². The summed E-state index contributed by atoms with van der Waals surface area (Å²) in [5.74, 6) is 6.40. The van der Waals surface area contributed by atoms with Crippen molar-refractivity contribution < 1.29 is 4.74 Å². The molecule has 0 aromatic carbocycles. The monoisotopic (exact) mass is 183 g/mol. The maximum absolute atomic E-state index is 5.97. The van der Waals surface area contributed by atoms with E-state index in [-0.39, 0.29) is 0 Å². The second-order valence-corrected chi connectivity index (χ2v) is 3.82. The van der Waals surface area contributed by atoms with E-state index < -0.39 is 0 Å². The average Bonchev–Trinajstić information content (AvgIpc) is 1.92. The Balaban J connectivity index is 1.94. The number of nitrogens with zero attached hydrogens (tertiary/aromatic N) is 1. The zero-order valence-corrected chi connectivity index (χ0v) is 7.78. The van der Waals surface area contributed by atoms with Gasteiger partial charge in [-0.15, -0.1) is 0 Å². The van der Waals surface area contributed by atoms with Gasteiger partial charge in [0.2, 0.25) is 0 Å². The number of ether oxygens (including phenoxy) is 1. The van der Waals surface area contributed by atoms with Crippen LogP contribution in [0, 0.1) is 5.92 Å². The molecule has 0 aromatic heterocycles. The Morgan fingerprint density at radius 1 is 1.38 bits per heavy atom. The highest BCUT2D eigenvalue weighted by molar-refractivity contribution is 5.08. The van der Waals surface area contributed by atoms with Gasteiger partial charge in [-0.25, -0.2) is 5.84 Å². The average molecular weight is 183 g/mol. The van der Waals surface area contributed by atoms with Crippen molar-refractivity contribution in [3.05, 3.63) is 11.9 Å². The van der Waals surface area contributed by atoms with E-state index in [1.165, 1.54) is 19.3 Å². The van der Waals surface area contributed by atoms with E-state index in [4.69, 9.17) is 16.3 Å². The lowest BCUT2D eigenvalue weighted by atomic mass is 9.91. The van der Waals surface area contributed by atoms with Crippen LogP contribution in [0.4, 0.5) is 0 Å². The predicted molar refractivity (Wildman–Crippen MR) is 50.2 cm³/mol. The van der Waals surface area contributed by atoms with Gasteiger partial charge in [-0.05, 0) is 19.3 Å². The first kappa shape index (κ1) is 8.84. The summed E-state index contributed by atoms with van der Waals surface area (Å²) in [6, 6.07) is 0.510. The molecule has 1 saturated carbocycles. The van der Waals surface area contributed by atoms with Crippen molar-refractivity contribution in [2.24, 2.45) is 17.5 Å². The Bertz CT molecular complexity index is 209. The molecule has 0 radical (unpaired) electrons. The zero-order valence-electron chi connectivity index (χ0n) is 7.78. The molecule has 0 spiro atoms. The molecule has 2 aliphatic rings. The van der Waals surface area contributed by atoms with Crippen LogP contribution >= 0.6 is 0 Å². The van der Waals surface area contributed by atoms with Crippen molar-refractivity contribution >= 4 is 0 Å². The molecular formula is C9H17N3O. The van der Waals surface area contributed by atoms with E-state index in [9.17, 15) is 0 Å². The fourth-order valence-electron chi connectivity index (χ4n) is 1.72. The van der Waals surface area contributed by atoms with Crippen LogP contribution in [0.2, 0.25) is 0 Å². The fraction of sp³-hybridized carbons (Fsp3) is 0.778. The Hall–Kier alpha value is -0.740. The van der Waals surface area contributed by atoms with Gasteiger partial charge in [0.15, 0.2) is 0 Å². The van der Waals surface area contributed by atoms with Crippen molar-refractivity contribution in [1.82, 2.24) is 5.01 Å². The van der Waals surface area contributed by atoms with Crippen molar-refractivity contribution in [3.8, 4) is 0 Å². The summed E-state index contributed by atoms with van der Waals surface area (Å²) in [4.78, 5) is 0. The van der Waals surface area contributed by atoms with Gasteiger partial charge in [0.1, 0.15) is 0 Å². The Morgan fingerprint density at radius 3 is 2.38 bits per heavy atom. The number of rotatable bonds is 3. The van der Waals surface area contributed by atoms with Crippen LogP contribution in [-0.2, 0) is 4.74 Å². The second-order valence-electron chi connectivity index (χ2n) is 3.82. The van der Waals surface area contributed by atoms with Crippen molar-refractivity contribution in [3.63, 3.8) is 0 Å². The van der Waals surface area contributed by atoms with Crippen LogP contribution in [0.3, 0.4) is 0 Å². The highest BCUT2D eigenvalue weighted by Gasteiger charge is 2.31. The Kier molecular flexibility index (Phi) is 2.42. The summed E-state index contributed by atoms with van der Waals surface area (Å²) in [5.41, 5.74) is 6.61. The fourth-order valence-corrected chi connectivity index (χ4v) is 1.72. The van der Waals surface area contributed by atoms with Crippen LogP contribution in [0.15, 0.2) is 11.9 Å². The molecule has 4 N–H and O–H groups in total. The van der Waals surface area contributed by atoms with Gasteiger partial charge in [0, 0.05) is 18.2 Å². The first-order valence-electron chi connectivity index (χ1n) is 4.86. The predicted octanol–water partition coefficient (Wildman–Crippen LogP) is 0.161. The zero-order chi connectivity index (χ0) is 9.26. The Morgan fingerprint density at radius 2 is 2.08 bits per heavy atom. The molecule has 0 unspecified atom stereocenters. The van der Waals surface area contributed by atoms with E-state index in [2.05, 4.69) is 0 Å². The molecule has 74 valence electrons. The minimum absolute atomic E-state index is 0.426. The molecule has 4 nitrogen and oxygen atoms in total. The van der Waals surface area contributed by atoms with Crippen LogP contribution in [-0.4, -0.2) is 24.3 Å². The van der Waals surface area contributed by atoms with E-state index >= 15 is 0 Å². The summed E-state index contributed by atoms with van der Waals surface area (Å²) in [5, 5.41) is 1.84. The van der Waals surface area contributed by atoms with E-state index in [1.807, 2.05) is 5.01 Å². The molecule has 2 fully saturated rings. The largest absolute Gasteiger partial charge is 0.403 e. The van der Waals surface area contributed by atoms with E-state index in [0.29, 0.717) is 12.0 Å². The third-order valence-electron chi connectivity index (χ3n) is 2.99. The third kappa shape index (κ3) is 1.51. The topological polar surface area (TPSA) is 64.5 Å². The first-order valence-corrected chi connectivity index (χ1v) is 4.86. The molecule has 0 atom stereocenters. The molecule has 1 aliphatic heterocycles. The summed E-state index contributed by atoms with van der Waals surface area (Å²) < 4.78 is 5.12. The molecule has 4 heteroatoms. The minimum atomic E-state index is 0.426. The quantitative estimate of drug-likeness (QED) is 0.483. The molecule has 2 rings (SSSR count). The second kappa shape index (κ2) is 3.55. The molecule has 1 aliphatic carbocycles. The van der Waals surface area contributed by atoms with E-state index in [0.717, 1.165) is 18.9 Å². The van der Waals surface area contributed by atoms with Crippen molar-refractivity contribution in [1.29, 1.82) is 0 Å². The summed E-state index contributed by atoms with van der Waals surface area (Å²) in [7, 11) is 0. The smallest absolute Gasteiger partial charge is 0.0572 e. The van der Waals surface area contributed by atoms with Crippen LogP contribution in [0.25, 0.3) is 0 Å².